The van der Waals surface area contributed by atoms with Crippen LogP contribution in [0.5, 0.6) is 0 Å². The summed E-state index contributed by atoms with van der Waals surface area (Å²) in [6, 6.07) is -0.0916. The molecule has 0 bridgehead atoms. The number of rotatable bonds is 18. The SMILES string of the molecule is CCCCCCCCCCCCC/C=C/[C@@H](OC)[C@@H](COC)N(C)C(C)=O. The number of carbonyl (C=O) groups is 1. The van der Waals surface area contributed by atoms with Crippen LogP contribution in [0.25, 0.3) is 0 Å². The molecule has 0 fully saturated rings. The van der Waals surface area contributed by atoms with Gasteiger partial charge < -0.3 is 14.4 Å². The number of ether oxygens (including phenoxy) is 2. The molecule has 0 spiro atoms. The van der Waals surface area contributed by atoms with Gasteiger partial charge in [0.2, 0.25) is 5.91 Å². The van der Waals surface area contributed by atoms with E-state index in [-0.39, 0.29) is 18.1 Å². The summed E-state index contributed by atoms with van der Waals surface area (Å²) in [5.41, 5.74) is 0. The Morgan fingerprint density at radius 3 is 1.89 bits per heavy atom. The van der Waals surface area contributed by atoms with Crippen molar-refractivity contribution in [1.29, 1.82) is 0 Å². The highest BCUT2D eigenvalue weighted by molar-refractivity contribution is 5.73. The molecule has 0 aromatic carbocycles. The van der Waals surface area contributed by atoms with Gasteiger partial charge in [0.05, 0.1) is 18.8 Å². The fraction of sp³-hybridized carbons (Fsp3) is 0.870. The van der Waals surface area contributed by atoms with Crippen molar-refractivity contribution in [1.82, 2.24) is 4.90 Å². The highest BCUT2D eigenvalue weighted by Gasteiger charge is 2.24. The first-order chi connectivity index (χ1) is 13.1. The average Bonchev–Trinajstić information content (AvgIpc) is 2.66. The second-order valence-corrected chi connectivity index (χ2v) is 7.61. The van der Waals surface area contributed by atoms with Gasteiger partial charge in [-0.15, -0.1) is 0 Å². The van der Waals surface area contributed by atoms with Crippen molar-refractivity contribution >= 4 is 5.91 Å². The smallest absolute Gasteiger partial charge is 0.219 e. The number of methoxy groups -OCH3 is 2. The van der Waals surface area contributed by atoms with Crippen LogP contribution >= 0.6 is 0 Å². The molecule has 0 aliphatic carbocycles. The number of hydrogen-bond acceptors (Lipinski definition) is 3. The van der Waals surface area contributed by atoms with E-state index in [0.717, 1.165) is 6.42 Å². The van der Waals surface area contributed by atoms with Crippen LogP contribution in [0.4, 0.5) is 0 Å². The Morgan fingerprint density at radius 2 is 1.44 bits per heavy atom. The maximum Gasteiger partial charge on any atom is 0.219 e. The first kappa shape index (κ1) is 26.1. The maximum atomic E-state index is 11.7. The van der Waals surface area contributed by atoms with Gasteiger partial charge in [-0.2, -0.15) is 0 Å². The van der Waals surface area contributed by atoms with E-state index >= 15 is 0 Å². The van der Waals surface area contributed by atoms with Crippen molar-refractivity contribution in [3.05, 3.63) is 12.2 Å². The van der Waals surface area contributed by atoms with E-state index < -0.39 is 0 Å². The van der Waals surface area contributed by atoms with E-state index in [4.69, 9.17) is 9.47 Å². The van der Waals surface area contributed by atoms with Gasteiger partial charge >= 0.3 is 0 Å². The van der Waals surface area contributed by atoms with Crippen molar-refractivity contribution in [2.45, 2.75) is 103 Å². The van der Waals surface area contributed by atoms with Gasteiger partial charge in [0, 0.05) is 28.2 Å². The highest BCUT2D eigenvalue weighted by Crippen LogP contribution is 2.13. The summed E-state index contributed by atoms with van der Waals surface area (Å²) in [6.45, 7) is 4.31. The fourth-order valence-corrected chi connectivity index (χ4v) is 3.35. The number of carbonyl (C=O) groups excluding carboxylic acids is 1. The molecule has 160 valence electrons. The largest absolute Gasteiger partial charge is 0.382 e. The van der Waals surface area contributed by atoms with Crippen molar-refractivity contribution < 1.29 is 14.3 Å². The standard InChI is InChI=1S/C23H45NO3/c1-6-7-8-9-10-11-12-13-14-15-16-17-18-19-23(27-5)22(20-26-4)24(3)21(2)25/h18-19,22-23H,6-17,20H2,1-5H3/b19-18+/t22-,23-/m1/s1. The van der Waals surface area contributed by atoms with E-state index in [2.05, 4.69) is 19.1 Å². The Morgan fingerprint density at radius 1 is 0.926 bits per heavy atom. The Balaban J connectivity index is 3.87. The van der Waals surface area contributed by atoms with Crippen LogP contribution in [0.1, 0.15) is 90.9 Å². The minimum absolute atomic E-state index is 0.0258. The normalized spacial score (nSPS) is 13.8. The first-order valence-electron chi connectivity index (χ1n) is 11.0. The number of hydrogen-bond donors (Lipinski definition) is 0. The van der Waals surface area contributed by atoms with Crippen molar-refractivity contribution in [3.8, 4) is 0 Å². The lowest BCUT2D eigenvalue weighted by Gasteiger charge is -2.31. The molecule has 0 saturated heterocycles. The highest BCUT2D eigenvalue weighted by atomic mass is 16.5. The van der Waals surface area contributed by atoms with E-state index in [1.807, 2.05) is 0 Å². The average molecular weight is 384 g/mol. The van der Waals surface area contributed by atoms with Crippen molar-refractivity contribution in [2.24, 2.45) is 0 Å². The van der Waals surface area contributed by atoms with E-state index in [9.17, 15) is 4.79 Å². The second-order valence-electron chi connectivity index (χ2n) is 7.61. The minimum atomic E-state index is -0.133. The number of likely N-dealkylation sites (N-methyl/N-ethyl adjacent to an activating group) is 1. The molecule has 4 nitrogen and oxygen atoms in total. The molecular formula is C23H45NO3. The minimum Gasteiger partial charge on any atom is -0.382 e. The Hall–Kier alpha value is -0.870. The summed E-state index contributed by atoms with van der Waals surface area (Å²) in [5.74, 6) is 0.0258. The molecule has 2 atom stereocenters. The third-order valence-electron chi connectivity index (χ3n) is 5.28. The monoisotopic (exact) mass is 383 g/mol. The molecule has 0 aliphatic rings. The third-order valence-corrected chi connectivity index (χ3v) is 5.28. The van der Waals surface area contributed by atoms with Crippen molar-refractivity contribution in [2.75, 3.05) is 27.9 Å². The summed E-state index contributed by atoms with van der Waals surface area (Å²) in [7, 11) is 5.15. The van der Waals surface area contributed by atoms with E-state index in [1.54, 1.807) is 33.1 Å². The van der Waals surface area contributed by atoms with Gasteiger partial charge in [0.1, 0.15) is 0 Å². The van der Waals surface area contributed by atoms with E-state index in [1.165, 1.54) is 70.6 Å². The van der Waals surface area contributed by atoms with Gasteiger partial charge in [-0.25, -0.2) is 0 Å². The predicted molar refractivity (Wildman–Crippen MR) is 115 cm³/mol. The predicted octanol–water partition coefficient (Wildman–Crippen LogP) is 5.75. The first-order valence-corrected chi connectivity index (χ1v) is 11.0. The Labute approximate surface area is 168 Å². The zero-order chi connectivity index (χ0) is 20.3. The second kappa shape index (κ2) is 18.5. The molecule has 4 heteroatoms. The zero-order valence-corrected chi connectivity index (χ0v) is 18.7. The lowest BCUT2D eigenvalue weighted by Crippen LogP contribution is -2.46. The van der Waals surface area contributed by atoms with Gasteiger partial charge in [-0.3, -0.25) is 4.79 Å². The summed E-state index contributed by atoms with van der Waals surface area (Å²) in [4.78, 5) is 13.4. The molecule has 0 rings (SSSR count). The molecule has 0 saturated carbocycles. The number of nitrogens with zero attached hydrogens (tertiary/aromatic N) is 1. The lowest BCUT2D eigenvalue weighted by atomic mass is 10.0. The topological polar surface area (TPSA) is 38.8 Å². The van der Waals surface area contributed by atoms with Crippen LogP contribution in [0, 0.1) is 0 Å². The molecule has 0 N–H and O–H groups in total. The van der Waals surface area contributed by atoms with Crippen LogP contribution in [0.15, 0.2) is 12.2 Å². The quantitative estimate of drug-likeness (QED) is 0.223. The molecule has 1 amide bonds. The molecule has 0 heterocycles. The van der Waals surface area contributed by atoms with Gasteiger partial charge in [-0.1, -0.05) is 83.3 Å². The van der Waals surface area contributed by atoms with Crippen LogP contribution in [-0.4, -0.2) is 50.8 Å². The number of unbranched alkanes of at least 4 members (excludes halogenated alkanes) is 11. The summed E-state index contributed by atoms with van der Waals surface area (Å²) in [6.07, 6.45) is 20.2. The van der Waals surface area contributed by atoms with Crippen LogP contribution in [0.3, 0.4) is 0 Å². The van der Waals surface area contributed by atoms with Crippen LogP contribution < -0.4 is 0 Å². The number of allylic oxidation sites excluding steroid dienone is 1. The Bertz CT molecular complexity index is 371. The van der Waals surface area contributed by atoms with Crippen LogP contribution in [0.2, 0.25) is 0 Å². The summed E-state index contributed by atoms with van der Waals surface area (Å²) < 4.78 is 10.9. The molecule has 0 aromatic heterocycles. The number of amides is 1. The van der Waals surface area contributed by atoms with E-state index in [0.29, 0.717) is 6.61 Å². The van der Waals surface area contributed by atoms with Gasteiger partial charge in [-0.05, 0) is 12.8 Å². The Kier molecular flexibility index (Phi) is 17.9. The van der Waals surface area contributed by atoms with Crippen molar-refractivity contribution in [3.63, 3.8) is 0 Å². The van der Waals surface area contributed by atoms with Gasteiger partial charge in [0.25, 0.3) is 0 Å². The molecule has 0 unspecified atom stereocenters. The lowest BCUT2D eigenvalue weighted by molar-refractivity contribution is -0.133. The molecule has 0 aromatic rings. The molecule has 27 heavy (non-hydrogen) atoms. The summed E-state index contributed by atoms with van der Waals surface area (Å²) in [5, 5.41) is 0. The molecule has 0 radical (unpaired) electrons. The van der Waals surface area contributed by atoms with Gasteiger partial charge in [0.15, 0.2) is 0 Å². The molecular weight excluding hydrogens is 338 g/mol. The van der Waals surface area contributed by atoms with Crippen LogP contribution in [-0.2, 0) is 14.3 Å². The fourth-order valence-electron chi connectivity index (χ4n) is 3.35. The maximum absolute atomic E-state index is 11.7. The third kappa shape index (κ3) is 13.9. The summed E-state index contributed by atoms with van der Waals surface area (Å²) >= 11 is 0. The zero-order valence-electron chi connectivity index (χ0n) is 18.7. The molecule has 0 aliphatic heterocycles.